The Morgan fingerprint density at radius 3 is 2.77 bits per heavy atom. The topological polar surface area (TPSA) is 29.1 Å². The number of hydrogen-bond acceptors (Lipinski definition) is 1. The van der Waals surface area contributed by atoms with Gasteiger partial charge in [-0.2, -0.15) is 0 Å². The van der Waals surface area contributed by atoms with Gasteiger partial charge in [-0.05, 0) is 12.1 Å². The van der Waals surface area contributed by atoms with Crippen LogP contribution in [0.5, 0.6) is 0 Å². The molecule has 0 spiro atoms. The summed E-state index contributed by atoms with van der Waals surface area (Å²) in [7, 11) is 0. The number of hydrogen-bond donors (Lipinski definition) is 1. The van der Waals surface area contributed by atoms with Gasteiger partial charge >= 0.3 is 0 Å². The third kappa shape index (κ3) is 2.24. The minimum Gasteiger partial charge on any atom is -0.324 e. The first-order chi connectivity index (χ1) is 6.15. The van der Waals surface area contributed by atoms with Gasteiger partial charge < -0.3 is 5.32 Å². The maximum atomic E-state index is 12.9. The number of halogens is 2. The second-order valence-corrected chi connectivity index (χ2v) is 2.50. The van der Waals surface area contributed by atoms with Gasteiger partial charge in [-0.25, -0.2) is 8.78 Å². The van der Waals surface area contributed by atoms with Crippen molar-refractivity contribution < 1.29 is 13.6 Å². The van der Waals surface area contributed by atoms with Crippen molar-refractivity contribution in [3.05, 3.63) is 29.8 Å². The molecule has 0 unspecified atom stereocenters. The van der Waals surface area contributed by atoms with Crippen molar-refractivity contribution in [1.29, 1.82) is 0 Å². The Bertz CT molecular complexity index is 325. The van der Waals surface area contributed by atoms with Crippen molar-refractivity contribution in [2.75, 3.05) is 5.32 Å². The summed E-state index contributed by atoms with van der Waals surface area (Å²) in [6.07, 6.45) is 0.232. The minimum absolute atomic E-state index is 0.119. The Labute approximate surface area is 74.6 Å². The molecule has 0 aliphatic rings. The molecule has 0 heterocycles. The van der Waals surface area contributed by atoms with Crippen LogP contribution in [-0.4, -0.2) is 5.91 Å². The van der Waals surface area contributed by atoms with Crippen LogP contribution >= 0.6 is 0 Å². The highest BCUT2D eigenvalue weighted by Crippen LogP contribution is 2.16. The average Bonchev–Trinajstić information content (AvgIpc) is 2.13. The molecule has 0 fully saturated rings. The van der Waals surface area contributed by atoms with Crippen LogP contribution in [0.15, 0.2) is 18.2 Å². The smallest absolute Gasteiger partial charge is 0.224 e. The Morgan fingerprint density at radius 1 is 1.46 bits per heavy atom. The Balaban J connectivity index is 2.89. The van der Waals surface area contributed by atoms with Crippen molar-refractivity contribution in [2.45, 2.75) is 13.3 Å². The lowest BCUT2D eigenvalue weighted by atomic mass is 10.3. The van der Waals surface area contributed by atoms with Crippen molar-refractivity contribution in [3.63, 3.8) is 0 Å². The lowest BCUT2D eigenvalue weighted by Gasteiger charge is -2.04. The molecular formula is C9H9F2NO. The average molecular weight is 185 g/mol. The summed E-state index contributed by atoms with van der Waals surface area (Å²) in [5.74, 6) is -2.33. The molecule has 0 atom stereocenters. The fourth-order valence-electron chi connectivity index (χ4n) is 0.839. The summed E-state index contributed by atoms with van der Waals surface area (Å²) < 4.78 is 25.5. The third-order valence-corrected chi connectivity index (χ3v) is 1.55. The molecule has 1 amide bonds. The van der Waals surface area contributed by atoms with Crippen LogP contribution < -0.4 is 5.32 Å². The first-order valence-electron chi connectivity index (χ1n) is 3.89. The highest BCUT2D eigenvalue weighted by molar-refractivity contribution is 5.90. The quantitative estimate of drug-likeness (QED) is 0.752. The molecule has 0 saturated carbocycles. The van der Waals surface area contributed by atoms with Gasteiger partial charge in [0.1, 0.15) is 0 Å². The van der Waals surface area contributed by atoms with Crippen LogP contribution in [0.2, 0.25) is 0 Å². The Kier molecular flexibility index (Phi) is 2.95. The van der Waals surface area contributed by atoms with E-state index >= 15 is 0 Å². The van der Waals surface area contributed by atoms with Gasteiger partial charge in [-0.1, -0.05) is 13.0 Å². The highest BCUT2D eigenvalue weighted by atomic mass is 19.2. The number of carbonyl (C=O) groups excluding carboxylic acids is 1. The zero-order chi connectivity index (χ0) is 9.84. The molecule has 0 radical (unpaired) electrons. The van der Waals surface area contributed by atoms with E-state index in [4.69, 9.17) is 0 Å². The van der Waals surface area contributed by atoms with Gasteiger partial charge in [0.25, 0.3) is 0 Å². The Hall–Kier alpha value is -1.45. The number of anilines is 1. The number of rotatable bonds is 2. The Morgan fingerprint density at radius 2 is 2.15 bits per heavy atom. The van der Waals surface area contributed by atoms with Crippen molar-refractivity contribution in [2.24, 2.45) is 0 Å². The van der Waals surface area contributed by atoms with Crippen molar-refractivity contribution in [3.8, 4) is 0 Å². The molecule has 1 rings (SSSR count). The number of nitrogens with one attached hydrogen (secondary N) is 1. The fraction of sp³-hybridized carbons (Fsp3) is 0.222. The lowest BCUT2D eigenvalue weighted by Crippen LogP contribution is -2.11. The molecular weight excluding hydrogens is 176 g/mol. The lowest BCUT2D eigenvalue weighted by molar-refractivity contribution is -0.115. The summed E-state index contributed by atoms with van der Waals surface area (Å²) in [4.78, 5) is 10.8. The van der Waals surface area contributed by atoms with Gasteiger partial charge in [0, 0.05) is 6.42 Å². The summed E-state index contributed by atoms with van der Waals surface area (Å²) >= 11 is 0. The van der Waals surface area contributed by atoms with E-state index in [1.807, 2.05) is 0 Å². The molecule has 0 aromatic heterocycles. The molecule has 0 saturated heterocycles. The van der Waals surface area contributed by atoms with Gasteiger partial charge in [0.15, 0.2) is 11.6 Å². The van der Waals surface area contributed by atoms with Gasteiger partial charge in [-0.15, -0.1) is 0 Å². The number of benzene rings is 1. The van der Waals surface area contributed by atoms with Crippen LogP contribution in [0, 0.1) is 11.6 Å². The number of amides is 1. The van der Waals surface area contributed by atoms with E-state index < -0.39 is 11.6 Å². The molecule has 1 aromatic rings. The van der Waals surface area contributed by atoms with E-state index in [9.17, 15) is 13.6 Å². The van der Waals surface area contributed by atoms with E-state index in [1.54, 1.807) is 6.92 Å². The molecule has 13 heavy (non-hydrogen) atoms. The zero-order valence-corrected chi connectivity index (χ0v) is 7.10. The van der Waals surface area contributed by atoms with Crippen LogP contribution in [-0.2, 0) is 4.79 Å². The second kappa shape index (κ2) is 3.98. The van der Waals surface area contributed by atoms with Gasteiger partial charge in [0.05, 0.1) is 5.69 Å². The molecule has 0 bridgehead atoms. The first-order valence-corrected chi connectivity index (χ1v) is 3.89. The van der Waals surface area contributed by atoms with E-state index in [0.29, 0.717) is 0 Å². The van der Waals surface area contributed by atoms with E-state index in [1.165, 1.54) is 12.1 Å². The third-order valence-electron chi connectivity index (χ3n) is 1.55. The molecule has 70 valence electrons. The van der Waals surface area contributed by atoms with Crippen LogP contribution in [0.1, 0.15) is 13.3 Å². The first kappa shape index (κ1) is 9.64. The largest absolute Gasteiger partial charge is 0.324 e. The van der Waals surface area contributed by atoms with E-state index in [0.717, 1.165) is 6.07 Å². The molecule has 1 N–H and O–H groups in total. The maximum absolute atomic E-state index is 12.9. The predicted octanol–water partition coefficient (Wildman–Crippen LogP) is 2.31. The number of carbonyl (C=O) groups is 1. The summed E-state index contributed by atoms with van der Waals surface area (Å²) in [5, 5.41) is 2.25. The second-order valence-electron chi connectivity index (χ2n) is 2.50. The van der Waals surface area contributed by atoms with Gasteiger partial charge in [-0.3, -0.25) is 4.79 Å². The molecule has 0 aliphatic carbocycles. The van der Waals surface area contributed by atoms with Crippen LogP contribution in [0.25, 0.3) is 0 Å². The van der Waals surface area contributed by atoms with Crippen molar-refractivity contribution in [1.82, 2.24) is 0 Å². The van der Waals surface area contributed by atoms with E-state index in [2.05, 4.69) is 5.32 Å². The standard InChI is InChI=1S/C9H9F2NO/c1-2-8(13)12-7-5-3-4-6(10)9(7)11/h3-5H,2H2,1H3,(H,12,13). The maximum Gasteiger partial charge on any atom is 0.224 e. The summed E-state index contributed by atoms with van der Waals surface area (Å²) in [6.45, 7) is 1.63. The normalized spacial score (nSPS) is 9.77. The zero-order valence-electron chi connectivity index (χ0n) is 7.10. The van der Waals surface area contributed by atoms with Crippen molar-refractivity contribution >= 4 is 11.6 Å². The van der Waals surface area contributed by atoms with Crippen LogP contribution in [0.3, 0.4) is 0 Å². The van der Waals surface area contributed by atoms with E-state index in [-0.39, 0.29) is 18.0 Å². The fourth-order valence-corrected chi connectivity index (χ4v) is 0.839. The van der Waals surface area contributed by atoms with Gasteiger partial charge in [0.2, 0.25) is 5.91 Å². The predicted molar refractivity (Wildman–Crippen MR) is 45.3 cm³/mol. The minimum atomic E-state index is -1.02. The monoisotopic (exact) mass is 185 g/mol. The summed E-state index contributed by atoms with van der Waals surface area (Å²) in [5.41, 5.74) is -0.119. The molecule has 0 aliphatic heterocycles. The highest BCUT2D eigenvalue weighted by Gasteiger charge is 2.08. The molecule has 1 aromatic carbocycles. The summed E-state index contributed by atoms with van der Waals surface area (Å²) in [6, 6.07) is 3.65. The molecule has 4 heteroatoms. The van der Waals surface area contributed by atoms with Crippen LogP contribution in [0.4, 0.5) is 14.5 Å². The SMILES string of the molecule is CCC(=O)Nc1cccc(F)c1F. The molecule has 2 nitrogen and oxygen atoms in total.